The number of thioether (sulfide) groups is 1. The lowest BCUT2D eigenvalue weighted by atomic mass is 9.87. The minimum atomic E-state index is -0.565. The zero-order valence-electron chi connectivity index (χ0n) is 27.2. The SMILES string of the molecule is CC1=C(C(=O)Nc2ccccc2C)C(c2ccc(OCc3ccc(C(C)(C)C)cc3)cc2)n2nc(SCc3ccccc3F)nc2N1. The highest BCUT2D eigenvalue weighted by Gasteiger charge is 2.34. The fourth-order valence-corrected chi connectivity index (χ4v) is 6.28. The first-order valence-corrected chi connectivity index (χ1v) is 16.5. The van der Waals surface area contributed by atoms with Crippen LogP contribution >= 0.6 is 11.8 Å². The molecule has 1 aromatic heterocycles. The Morgan fingerprint density at radius 3 is 2.36 bits per heavy atom. The van der Waals surface area contributed by atoms with E-state index >= 15 is 0 Å². The molecule has 47 heavy (non-hydrogen) atoms. The molecule has 9 heteroatoms. The van der Waals surface area contributed by atoms with Crippen LogP contribution in [0.15, 0.2) is 113 Å². The average Bonchev–Trinajstić information content (AvgIpc) is 3.46. The van der Waals surface area contributed by atoms with Crippen LogP contribution < -0.4 is 15.4 Å². The van der Waals surface area contributed by atoms with E-state index in [9.17, 15) is 9.18 Å². The number of allylic oxidation sites excluding steroid dienone is 1. The Morgan fingerprint density at radius 2 is 1.66 bits per heavy atom. The summed E-state index contributed by atoms with van der Waals surface area (Å²) in [7, 11) is 0. The van der Waals surface area contributed by atoms with Gasteiger partial charge in [-0.05, 0) is 71.3 Å². The Kier molecular flexibility index (Phi) is 9.18. The van der Waals surface area contributed by atoms with Crippen LogP contribution in [0.3, 0.4) is 0 Å². The van der Waals surface area contributed by atoms with E-state index in [1.54, 1.807) is 16.8 Å². The lowest BCUT2D eigenvalue weighted by Gasteiger charge is -2.29. The van der Waals surface area contributed by atoms with Crippen LogP contribution in [-0.4, -0.2) is 20.7 Å². The monoisotopic (exact) mass is 647 g/mol. The predicted molar refractivity (Wildman–Crippen MR) is 186 cm³/mol. The van der Waals surface area contributed by atoms with Gasteiger partial charge in [-0.2, -0.15) is 4.98 Å². The molecule has 1 aliphatic rings. The molecule has 240 valence electrons. The van der Waals surface area contributed by atoms with E-state index in [1.165, 1.54) is 23.4 Å². The summed E-state index contributed by atoms with van der Waals surface area (Å²) >= 11 is 1.34. The van der Waals surface area contributed by atoms with Gasteiger partial charge in [-0.3, -0.25) is 4.79 Å². The van der Waals surface area contributed by atoms with Gasteiger partial charge in [0.15, 0.2) is 0 Å². The van der Waals surface area contributed by atoms with E-state index in [4.69, 9.17) is 14.8 Å². The number of aromatic nitrogens is 3. The Hall–Kier alpha value is -4.89. The number of nitrogens with zero attached hydrogens (tertiary/aromatic N) is 3. The highest BCUT2D eigenvalue weighted by atomic mass is 32.2. The first kappa shape index (κ1) is 32.1. The molecule has 0 bridgehead atoms. The number of amides is 1. The van der Waals surface area contributed by atoms with E-state index in [0.717, 1.165) is 22.4 Å². The van der Waals surface area contributed by atoms with Gasteiger partial charge in [0.05, 0.1) is 5.57 Å². The number of rotatable bonds is 9. The molecule has 0 saturated carbocycles. The molecular formula is C38H38FN5O2S. The minimum absolute atomic E-state index is 0.0928. The number of halogens is 1. The van der Waals surface area contributed by atoms with Crippen molar-refractivity contribution in [2.45, 2.75) is 63.6 Å². The van der Waals surface area contributed by atoms with Crippen LogP contribution in [0.1, 0.15) is 61.6 Å². The number of hydrogen-bond donors (Lipinski definition) is 2. The second kappa shape index (κ2) is 13.5. The first-order chi connectivity index (χ1) is 22.6. The van der Waals surface area contributed by atoms with Crippen molar-refractivity contribution in [3.05, 3.63) is 142 Å². The summed E-state index contributed by atoms with van der Waals surface area (Å²) in [6.07, 6.45) is 0. The molecule has 1 aliphatic heterocycles. The Morgan fingerprint density at radius 1 is 0.957 bits per heavy atom. The topological polar surface area (TPSA) is 81.1 Å². The van der Waals surface area contributed by atoms with E-state index in [0.29, 0.717) is 46.0 Å². The van der Waals surface area contributed by atoms with Gasteiger partial charge in [0, 0.05) is 17.1 Å². The summed E-state index contributed by atoms with van der Waals surface area (Å²) in [6, 6.07) is 30.0. The Labute approximate surface area is 279 Å². The first-order valence-electron chi connectivity index (χ1n) is 15.6. The number of aryl methyl sites for hydroxylation is 1. The van der Waals surface area contributed by atoms with E-state index in [1.807, 2.05) is 68.4 Å². The van der Waals surface area contributed by atoms with Gasteiger partial charge in [0.25, 0.3) is 5.91 Å². The maximum Gasteiger partial charge on any atom is 0.255 e. The Bertz CT molecular complexity index is 1930. The fourth-order valence-electron chi connectivity index (χ4n) is 5.47. The van der Waals surface area contributed by atoms with Crippen molar-refractivity contribution in [2.24, 2.45) is 0 Å². The zero-order valence-corrected chi connectivity index (χ0v) is 28.0. The van der Waals surface area contributed by atoms with Gasteiger partial charge >= 0.3 is 0 Å². The number of anilines is 2. The molecule has 6 rings (SSSR count). The third-order valence-electron chi connectivity index (χ3n) is 8.21. The molecule has 7 nitrogen and oxygen atoms in total. The van der Waals surface area contributed by atoms with Gasteiger partial charge in [0.1, 0.15) is 24.2 Å². The van der Waals surface area contributed by atoms with Crippen molar-refractivity contribution in [1.29, 1.82) is 0 Å². The van der Waals surface area contributed by atoms with Crippen molar-refractivity contribution < 1.29 is 13.9 Å². The molecule has 0 fully saturated rings. The minimum Gasteiger partial charge on any atom is -0.489 e. The molecule has 0 radical (unpaired) electrons. The van der Waals surface area contributed by atoms with Crippen LogP contribution in [-0.2, 0) is 22.6 Å². The third kappa shape index (κ3) is 7.25. The largest absolute Gasteiger partial charge is 0.489 e. The second-order valence-corrected chi connectivity index (χ2v) is 13.6. The molecule has 0 saturated heterocycles. The molecule has 0 spiro atoms. The number of para-hydroxylation sites is 1. The maximum absolute atomic E-state index is 14.3. The van der Waals surface area contributed by atoms with Crippen LogP contribution in [0.4, 0.5) is 16.0 Å². The molecule has 1 amide bonds. The van der Waals surface area contributed by atoms with Crippen molar-refractivity contribution in [1.82, 2.24) is 14.8 Å². The number of ether oxygens (including phenoxy) is 1. The molecule has 2 N–H and O–H groups in total. The molecule has 4 aromatic carbocycles. The highest BCUT2D eigenvalue weighted by molar-refractivity contribution is 7.98. The standard InChI is InChI=1S/C38H38FN5O2S/c1-24-10-6-9-13-32(24)41-35(45)33-25(2)40-36-42-37(47-23-28-11-7-8-12-31(28)39)43-44(36)34(33)27-16-20-30(21-17-27)46-22-26-14-18-29(19-15-26)38(3,4)5/h6-21,34H,22-23H2,1-5H3,(H,41,45)(H,40,42,43). The number of carbonyl (C=O) groups is 1. The summed E-state index contributed by atoms with van der Waals surface area (Å²) in [4.78, 5) is 18.7. The summed E-state index contributed by atoms with van der Waals surface area (Å²) in [5, 5.41) is 11.7. The highest BCUT2D eigenvalue weighted by Crippen LogP contribution is 2.38. The Balaban J connectivity index is 1.27. The smallest absolute Gasteiger partial charge is 0.255 e. The van der Waals surface area contributed by atoms with Crippen LogP contribution in [0, 0.1) is 12.7 Å². The fraction of sp³-hybridized carbons (Fsp3) is 0.237. The number of nitrogens with one attached hydrogen (secondary N) is 2. The number of hydrogen-bond acceptors (Lipinski definition) is 6. The normalized spacial score (nSPS) is 14.4. The van der Waals surface area contributed by atoms with Crippen molar-refractivity contribution in [3.63, 3.8) is 0 Å². The number of carbonyl (C=O) groups excluding carboxylic acids is 1. The zero-order chi connectivity index (χ0) is 33.1. The average molecular weight is 648 g/mol. The quantitative estimate of drug-likeness (QED) is 0.156. The predicted octanol–water partition coefficient (Wildman–Crippen LogP) is 8.82. The molecular weight excluding hydrogens is 610 g/mol. The second-order valence-electron chi connectivity index (χ2n) is 12.7. The van der Waals surface area contributed by atoms with Crippen molar-refractivity contribution in [3.8, 4) is 5.75 Å². The van der Waals surface area contributed by atoms with Gasteiger partial charge < -0.3 is 15.4 Å². The molecule has 2 heterocycles. The van der Waals surface area contributed by atoms with Crippen LogP contribution in [0.2, 0.25) is 0 Å². The van der Waals surface area contributed by atoms with E-state index < -0.39 is 6.04 Å². The molecule has 1 atom stereocenters. The number of benzene rings is 4. The molecule has 1 unspecified atom stereocenters. The van der Waals surface area contributed by atoms with Crippen molar-refractivity contribution in [2.75, 3.05) is 10.6 Å². The summed E-state index contributed by atoms with van der Waals surface area (Å²) in [6.45, 7) is 10.9. The lowest BCUT2D eigenvalue weighted by Crippen LogP contribution is -2.31. The maximum atomic E-state index is 14.3. The van der Waals surface area contributed by atoms with Gasteiger partial charge in [-0.25, -0.2) is 9.07 Å². The summed E-state index contributed by atoms with van der Waals surface area (Å²) in [5.41, 5.74) is 6.76. The molecule has 5 aromatic rings. The summed E-state index contributed by atoms with van der Waals surface area (Å²) < 4.78 is 22.2. The van der Waals surface area contributed by atoms with Gasteiger partial charge in [0.2, 0.25) is 11.1 Å². The van der Waals surface area contributed by atoms with Gasteiger partial charge in [-0.1, -0.05) is 105 Å². The van der Waals surface area contributed by atoms with E-state index in [-0.39, 0.29) is 17.1 Å². The summed E-state index contributed by atoms with van der Waals surface area (Å²) in [5.74, 6) is 1.09. The number of fused-ring (bicyclic) bond motifs is 1. The van der Waals surface area contributed by atoms with Crippen molar-refractivity contribution >= 4 is 29.3 Å². The van der Waals surface area contributed by atoms with E-state index in [2.05, 4.69) is 55.7 Å². The van der Waals surface area contributed by atoms with Gasteiger partial charge in [-0.15, -0.1) is 5.10 Å². The van der Waals surface area contributed by atoms with Crippen LogP contribution in [0.5, 0.6) is 5.75 Å². The van der Waals surface area contributed by atoms with Crippen LogP contribution in [0.25, 0.3) is 0 Å². The molecule has 0 aliphatic carbocycles. The lowest BCUT2D eigenvalue weighted by molar-refractivity contribution is -0.113. The third-order valence-corrected chi connectivity index (χ3v) is 9.09.